The highest BCUT2D eigenvalue weighted by Gasteiger charge is 2.29. The Morgan fingerprint density at radius 1 is 0.600 bits per heavy atom. The lowest BCUT2D eigenvalue weighted by atomic mass is 9.83. The zero-order valence-electron chi connectivity index (χ0n) is 47.8. The first kappa shape index (κ1) is 68.4. The Morgan fingerprint density at radius 2 is 1.02 bits per heavy atom. The summed E-state index contributed by atoms with van der Waals surface area (Å²) < 4.78 is 53.7. The second kappa shape index (κ2) is 37.2. The van der Waals surface area contributed by atoms with E-state index in [1.54, 1.807) is 80.9 Å². The minimum Gasteiger partial charge on any atom is -0.495 e. The highest BCUT2D eigenvalue weighted by atomic mass is 32.1. The first-order valence-corrected chi connectivity index (χ1v) is 27.8. The van der Waals surface area contributed by atoms with Crippen LogP contribution < -0.4 is 28.4 Å². The van der Waals surface area contributed by atoms with Crippen LogP contribution in [0.15, 0.2) is 123 Å². The normalized spacial score (nSPS) is 16.4. The molecule has 2 atom stereocenters. The average molecular weight is 1200 g/mol. The maximum atomic E-state index is 12.3. The summed E-state index contributed by atoms with van der Waals surface area (Å²) in [7, 11) is 4.69. The molecule has 0 N–H and O–H groups in total. The Balaban J connectivity index is 0.000000267. The zero-order valence-corrected chi connectivity index (χ0v) is 48.6. The van der Waals surface area contributed by atoms with Gasteiger partial charge in [-0.25, -0.2) is 19.4 Å². The number of esters is 5. The van der Waals surface area contributed by atoms with E-state index in [0.717, 1.165) is 76.5 Å². The predicted molar refractivity (Wildman–Crippen MR) is 313 cm³/mol. The van der Waals surface area contributed by atoms with Crippen molar-refractivity contribution in [3.63, 3.8) is 0 Å². The van der Waals surface area contributed by atoms with Crippen LogP contribution in [0.25, 0.3) is 20.8 Å². The van der Waals surface area contributed by atoms with Crippen LogP contribution in [0.2, 0.25) is 0 Å². The van der Waals surface area contributed by atoms with Gasteiger partial charge in [0.2, 0.25) is 0 Å². The molecule has 0 saturated heterocycles. The van der Waals surface area contributed by atoms with Crippen LogP contribution in [0, 0.1) is 33.8 Å². The van der Waals surface area contributed by atoms with E-state index in [1.165, 1.54) is 30.6 Å². The quantitative estimate of drug-likeness (QED) is 0.00946. The van der Waals surface area contributed by atoms with Crippen molar-refractivity contribution in [2.24, 2.45) is 23.7 Å². The van der Waals surface area contributed by atoms with Gasteiger partial charge in [-0.15, -0.1) is 11.3 Å². The molecule has 22 nitrogen and oxygen atoms in total. The summed E-state index contributed by atoms with van der Waals surface area (Å²) in [5.74, 6) is 0.560. The Hall–Kier alpha value is -9.09. The summed E-state index contributed by atoms with van der Waals surface area (Å²) in [6.07, 6.45) is 10.8. The van der Waals surface area contributed by atoms with Crippen LogP contribution in [-0.2, 0) is 57.3 Å². The molecule has 5 aromatic rings. The van der Waals surface area contributed by atoms with Crippen molar-refractivity contribution in [1.29, 1.82) is 0 Å². The largest absolute Gasteiger partial charge is 0.495 e. The van der Waals surface area contributed by atoms with Gasteiger partial charge in [-0.3, -0.25) is 19.7 Å². The van der Waals surface area contributed by atoms with Crippen LogP contribution in [0.5, 0.6) is 34.5 Å². The van der Waals surface area contributed by atoms with E-state index in [2.05, 4.69) is 24.7 Å². The Labute approximate surface area is 496 Å². The van der Waals surface area contributed by atoms with Gasteiger partial charge in [0.1, 0.15) is 101 Å². The lowest BCUT2D eigenvalue weighted by Crippen LogP contribution is -2.30. The maximum absolute atomic E-state index is 12.3. The smallest absolute Gasteiger partial charge is 0.330 e. The number of non-ortho nitro benzene ring substituents is 1. The van der Waals surface area contributed by atoms with Gasteiger partial charge in [0.05, 0.1) is 31.0 Å². The van der Waals surface area contributed by atoms with Crippen molar-refractivity contribution in [1.82, 2.24) is 4.98 Å². The summed E-state index contributed by atoms with van der Waals surface area (Å²) in [4.78, 5) is 104. The van der Waals surface area contributed by atoms with E-state index in [1.807, 2.05) is 13.0 Å². The minimum atomic E-state index is -0.839. The number of aromatic nitrogens is 1. The van der Waals surface area contributed by atoms with Gasteiger partial charge in [-0.05, 0) is 124 Å². The molecule has 1 aromatic heterocycles. The number of carbonyl (C=O) groups excluding carboxylic acids is 8. The van der Waals surface area contributed by atoms with Crippen LogP contribution >= 0.6 is 11.3 Å². The van der Waals surface area contributed by atoms with E-state index >= 15 is 0 Å². The number of hydrogen-bond acceptors (Lipinski definition) is 22. The SMILES string of the molecule is C=CC(=O)OCC(COc1ccc(OC(=O)C2CCC(C=O)CC2)cc1)OC.C=CC(=O)OCC(COc1ccc(OC(=O)C2CCC(C=O)CC2)cc1)OC(=O)C=C.CCC=O.COc1ccc(OC)c2sc(-c3ccc([N+](=O)[O-])cc3)nc12. The fourth-order valence-corrected chi connectivity index (χ4v) is 9.16. The number of benzene rings is 4. The molecule has 2 unspecified atom stereocenters. The number of aldehydes is 3. The van der Waals surface area contributed by atoms with Crippen molar-refractivity contribution in [2.45, 2.75) is 76.9 Å². The second-order valence-corrected chi connectivity index (χ2v) is 19.7. The van der Waals surface area contributed by atoms with Crippen molar-refractivity contribution >= 4 is 75.9 Å². The van der Waals surface area contributed by atoms with Crippen LogP contribution in [0.1, 0.15) is 64.7 Å². The molecule has 2 aliphatic carbocycles. The highest BCUT2D eigenvalue weighted by molar-refractivity contribution is 7.22. The Bertz CT molecular complexity index is 2960. The van der Waals surface area contributed by atoms with Crippen LogP contribution in [-0.4, -0.2) is 119 Å². The third-order valence-corrected chi connectivity index (χ3v) is 14.0. The van der Waals surface area contributed by atoms with E-state index < -0.39 is 35.0 Å². The predicted octanol–water partition coefficient (Wildman–Crippen LogP) is 10.0. The van der Waals surface area contributed by atoms with Gasteiger partial charge in [-0.2, -0.15) is 0 Å². The first-order valence-electron chi connectivity index (χ1n) is 27.0. The molecule has 0 amide bonds. The van der Waals surface area contributed by atoms with Gasteiger partial charge < -0.3 is 61.8 Å². The maximum Gasteiger partial charge on any atom is 0.330 e. The number of methoxy groups -OCH3 is 3. The number of nitrogens with zero attached hydrogens (tertiary/aromatic N) is 2. The fraction of sp³-hybridized carbons (Fsp3) is 0.371. The molecule has 454 valence electrons. The van der Waals surface area contributed by atoms with Gasteiger partial charge >= 0.3 is 29.8 Å². The van der Waals surface area contributed by atoms with Gasteiger partial charge in [-0.1, -0.05) is 26.7 Å². The van der Waals surface area contributed by atoms with Crippen LogP contribution in [0.4, 0.5) is 5.69 Å². The third kappa shape index (κ3) is 23.2. The first-order chi connectivity index (χ1) is 41.0. The number of ether oxygens (including phenoxy) is 10. The summed E-state index contributed by atoms with van der Waals surface area (Å²) in [6.45, 7) is 11.7. The molecule has 2 fully saturated rings. The van der Waals surface area contributed by atoms with E-state index in [-0.39, 0.29) is 67.7 Å². The summed E-state index contributed by atoms with van der Waals surface area (Å²) in [5.41, 5.74) is 1.59. The molecule has 0 radical (unpaired) electrons. The average Bonchev–Trinajstić information content (AvgIpc) is 3.49. The number of rotatable bonds is 26. The monoisotopic (exact) mass is 1190 g/mol. The third-order valence-electron chi connectivity index (χ3n) is 12.9. The molecule has 0 aliphatic heterocycles. The number of nitro benzene ring substituents is 1. The van der Waals surface area contributed by atoms with Crippen molar-refractivity contribution < 1.29 is 90.6 Å². The molecule has 2 saturated carbocycles. The molecule has 1 heterocycles. The van der Waals surface area contributed by atoms with E-state index in [0.29, 0.717) is 73.7 Å². The van der Waals surface area contributed by atoms with Gasteiger partial charge in [0, 0.05) is 61.3 Å². The lowest BCUT2D eigenvalue weighted by molar-refractivity contribution is -0.384. The number of carbonyl (C=O) groups is 8. The zero-order chi connectivity index (χ0) is 62.1. The van der Waals surface area contributed by atoms with Crippen LogP contribution in [0.3, 0.4) is 0 Å². The Kier molecular flexibility index (Phi) is 29.9. The van der Waals surface area contributed by atoms with E-state index in [4.69, 9.17) is 47.4 Å². The number of nitro groups is 1. The van der Waals surface area contributed by atoms with Gasteiger partial charge in [0.25, 0.3) is 5.69 Å². The van der Waals surface area contributed by atoms with Gasteiger partial charge in [0.15, 0.2) is 6.10 Å². The molecule has 0 spiro atoms. The highest BCUT2D eigenvalue weighted by Crippen LogP contribution is 2.40. The second-order valence-electron chi connectivity index (χ2n) is 18.7. The Morgan fingerprint density at radius 3 is 1.42 bits per heavy atom. The molecule has 85 heavy (non-hydrogen) atoms. The van der Waals surface area contributed by atoms with E-state index in [9.17, 15) is 48.5 Å². The molecule has 7 rings (SSSR count). The summed E-state index contributed by atoms with van der Waals surface area (Å²) >= 11 is 1.46. The van der Waals surface area contributed by atoms with Crippen molar-refractivity contribution in [2.75, 3.05) is 47.8 Å². The topological polar surface area (TPSA) is 285 Å². The van der Waals surface area contributed by atoms with Crippen molar-refractivity contribution in [3.05, 3.63) is 133 Å². The molecule has 0 bridgehead atoms. The molecule has 2 aliphatic rings. The number of hydrogen-bond donors (Lipinski definition) is 0. The number of thiazole rings is 1. The van der Waals surface area contributed by atoms with Crippen molar-refractivity contribution in [3.8, 4) is 45.1 Å². The molecular weight excluding hydrogens is 1120 g/mol. The summed E-state index contributed by atoms with van der Waals surface area (Å²) in [5, 5.41) is 11.5. The molecule has 23 heteroatoms. The summed E-state index contributed by atoms with van der Waals surface area (Å²) in [6, 6.07) is 23.0. The lowest BCUT2D eigenvalue weighted by Gasteiger charge is -2.23. The molecule has 4 aromatic carbocycles. The standard InChI is InChI=1S/C23H26O8.C21H26O7.C15H12N2O4S.C3H6O/c1-3-21(25)29-15-20(30-22(26)4-2)14-28-18-9-11-19(12-10-18)31-23(27)17-7-5-16(13-24)6-8-17;1-3-20(23)27-14-19(25-2)13-26-17-8-10-18(11-9-17)28-21(24)16-6-4-15(12-22)5-7-16;1-20-11-7-8-12(21-2)14-13(11)16-15(22-14)9-3-5-10(6-4-9)17(18)19;1-2-3-4/h3-4,9-13,16-17,20H,1-2,5-8,14-15H2;3,8-12,15-16,19H,1,4-7,13-14H2,2H3;3-8H,1-2H3;3H,2H2,1H3. The fourth-order valence-electron chi connectivity index (χ4n) is 8.08. The number of fused-ring (bicyclic) bond motifs is 1. The minimum absolute atomic E-state index is 0.0374. The molecular formula is C62H70N2O20S.